The Bertz CT molecular complexity index is 1040. The van der Waals surface area contributed by atoms with Crippen LogP contribution in [0.5, 0.6) is 0 Å². The number of fused-ring (bicyclic) bond motifs is 2. The zero-order valence-electron chi connectivity index (χ0n) is 15.6. The summed E-state index contributed by atoms with van der Waals surface area (Å²) in [6, 6.07) is 11.1. The lowest BCUT2D eigenvalue weighted by molar-refractivity contribution is -0.162. The maximum absolute atomic E-state index is 12.9. The van der Waals surface area contributed by atoms with Gasteiger partial charge in [0, 0.05) is 30.5 Å². The monoisotopic (exact) mass is 419 g/mol. The number of rotatable bonds is 6. The number of hydrogen-bond acceptors (Lipinski definition) is 3. The Balaban J connectivity index is 1.58. The van der Waals surface area contributed by atoms with Crippen molar-refractivity contribution in [3.8, 4) is 0 Å². The van der Waals surface area contributed by atoms with Gasteiger partial charge in [0.15, 0.2) is 11.7 Å². The lowest BCUT2D eigenvalue weighted by atomic mass is 10.1. The minimum atomic E-state index is -0.0592. The van der Waals surface area contributed by atoms with Gasteiger partial charge in [-0.3, -0.25) is 4.79 Å². The Hall–Kier alpha value is -1.59. The highest BCUT2D eigenvalue weighted by Crippen LogP contribution is 2.32. The first-order chi connectivity index (χ1) is 13.7. The molecule has 2 aromatic carbocycles. The second kappa shape index (κ2) is 8.83. The first-order valence-corrected chi connectivity index (χ1v) is 10.5. The number of pyridine rings is 1. The molecule has 0 bridgehead atoms. The summed E-state index contributed by atoms with van der Waals surface area (Å²) in [6.07, 6.45) is 5.01. The Labute approximate surface area is 173 Å². The van der Waals surface area contributed by atoms with E-state index in [4.69, 9.17) is 32.7 Å². The van der Waals surface area contributed by atoms with Gasteiger partial charge in [0.1, 0.15) is 0 Å². The third-order valence-corrected chi connectivity index (χ3v) is 6.04. The number of aromatic nitrogens is 1. The van der Waals surface area contributed by atoms with Crippen LogP contribution in [0.2, 0.25) is 10.0 Å². The van der Waals surface area contributed by atoms with Crippen LogP contribution in [0, 0.1) is 0 Å². The van der Waals surface area contributed by atoms with Crippen LogP contribution in [0.3, 0.4) is 0 Å². The van der Waals surface area contributed by atoms with Crippen molar-refractivity contribution in [2.45, 2.75) is 44.9 Å². The molecule has 0 aliphatic carbocycles. The number of aryl methyl sites for hydroxylation is 1. The molecule has 0 saturated carbocycles. The van der Waals surface area contributed by atoms with E-state index in [9.17, 15) is 4.79 Å². The molecule has 0 N–H and O–H groups in total. The molecular formula is C22H23Cl2NO3. The molecule has 1 aliphatic heterocycles. The first-order valence-electron chi connectivity index (χ1n) is 9.79. The van der Waals surface area contributed by atoms with Crippen LogP contribution in [0.15, 0.2) is 41.2 Å². The van der Waals surface area contributed by atoms with E-state index in [0.717, 1.165) is 44.4 Å². The van der Waals surface area contributed by atoms with Crippen molar-refractivity contribution in [3.05, 3.63) is 56.7 Å². The van der Waals surface area contributed by atoms with E-state index < -0.39 is 0 Å². The van der Waals surface area contributed by atoms with E-state index in [0.29, 0.717) is 32.9 Å². The SMILES string of the molecule is O=c1c2ccccc2n(CCCCOC2CCCCO2)c2c(Cl)c(Cl)ccc12. The van der Waals surface area contributed by atoms with Crippen molar-refractivity contribution < 1.29 is 9.47 Å². The summed E-state index contributed by atoms with van der Waals surface area (Å²) in [5.41, 5.74) is 1.56. The molecule has 3 aromatic rings. The molecule has 6 heteroatoms. The fourth-order valence-electron chi connectivity index (χ4n) is 3.82. The van der Waals surface area contributed by atoms with E-state index >= 15 is 0 Å². The van der Waals surface area contributed by atoms with Crippen molar-refractivity contribution in [1.29, 1.82) is 0 Å². The standard InChI is InChI=1S/C22H23Cl2NO3/c23-17-11-10-16-21(20(17)24)25(18-8-2-1-7-15(18)22(16)26)12-4-6-14-28-19-9-3-5-13-27-19/h1-2,7-8,10-11,19H,3-6,9,12-14H2. The molecular weight excluding hydrogens is 397 g/mol. The van der Waals surface area contributed by atoms with Crippen LogP contribution in [-0.4, -0.2) is 24.1 Å². The van der Waals surface area contributed by atoms with E-state index in [1.807, 2.05) is 24.3 Å². The highest BCUT2D eigenvalue weighted by Gasteiger charge is 2.16. The average Bonchev–Trinajstić information content (AvgIpc) is 2.73. The van der Waals surface area contributed by atoms with Crippen molar-refractivity contribution in [2.24, 2.45) is 0 Å². The van der Waals surface area contributed by atoms with Crippen molar-refractivity contribution in [3.63, 3.8) is 0 Å². The van der Waals surface area contributed by atoms with Gasteiger partial charge in [-0.2, -0.15) is 0 Å². The first kappa shape index (κ1) is 19.7. The predicted octanol–water partition coefficient (Wildman–Crippen LogP) is 5.78. The zero-order valence-corrected chi connectivity index (χ0v) is 17.1. The lowest BCUT2D eigenvalue weighted by Crippen LogP contribution is -2.22. The van der Waals surface area contributed by atoms with Crippen molar-refractivity contribution in [1.82, 2.24) is 4.57 Å². The smallest absolute Gasteiger partial charge is 0.197 e. The summed E-state index contributed by atoms with van der Waals surface area (Å²) in [4.78, 5) is 12.9. The van der Waals surface area contributed by atoms with Gasteiger partial charge in [0.2, 0.25) is 0 Å². The normalized spacial score (nSPS) is 17.4. The summed E-state index contributed by atoms with van der Waals surface area (Å²) < 4.78 is 13.5. The van der Waals surface area contributed by atoms with Gasteiger partial charge in [0.25, 0.3) is 0 Å². The maximum atomic E-state index is 12.9. The highest BCUT2D eigenvalue weighted by molar-refractivity contribution is 6.45. The van der Waals surface area contributed by atoms with Crippen LogP contribution < -0.4 is 5.43 Å². The summed E-state index contributed by atoms with van der Waals surface area (Å²) in [5.74, 6) is 0. The van der Waals surface area contributed by atoms with Crippen LogP contribution in [0.1, 0.15) is 32.1 Å². The molecule has 0 spiro atoms. The quantitative estimate of drug-likeness (QED) is 0.375. The lowest BCUT2D eigenvalue weighted by Gasteiger charge is -2.22. The molecule has 148 valence electrons. The largest absolute Gasteiger partial charge is 0.353 e. The summed E-state index contributed by atoms with van der Waals surface area (Å²) >= 11 is 12.8. The number of para-hydroxylation sites is 1. The summed E-state index contributed by atoms with van der Waals surface area (Å²) in [5, 5.41) is 2.17. The van der Waals surface area contributed by atoms with Crippen LogP contribution in [-0.2, 0) is 16.0 Å². The van der Waals surface area contributed by atoms with Crippen molar-refractivity contribution >= 4 is 45.0 Å². The highest BCUT2D eigenvalue weighted by atomic mass is 35.5. The zero-order chi connectivity index (χ0) is 19.5. The Kier molecular flexibility index (Phi) is 6.22. The number of unbranched alkanes of at least 4 members (excludes halogenated alkanes) is 1. The topological polar surface area (TPSA) is 40.5 Å². The second-order valence-corrected chi connectivity index (χ2v) is 7.91. The maximum Gasteiger partial charge on any atom is 0.197 e. The number of halogens is 2. The second-order valence-electron chi connectivity index (χ2n) is 7.13. The van der Waals surface area contributed by atoms with Gasteiger partial charge >= 0.3 is 0 Å². The van der Waals surface area contributed by atoms with E-state index in [2.05, 4.69) is 4.57 Å². The third-order valence-electron chi connectivity index (χ3n) is 5.24. The molecule has 1 aromatic heterocycles. The van der Waals surface area contributed by atoms with Gasteiger partial charge in [-0.05, 0) is 56.4 Å². The van der Waals surface area contributed by atoms with Crippen molar-refractivity contribution in [2.75, 3.05) is 13.2 Å². The number of benzene rings is 2. The molecule has 4 nitrogen and oxygen atoms in total. The fraction of sp³-hybridized carbons (Fsp3) is 0.409. The number of hydrogen-bond donors (Lipinski definition) is 0. The van der Waals surface area contributed by atoms with Crippen LogP contribution in [0.4, 0.5) is 0 Å². The molecule has 1 unspecified atom stereocenters. The van der Waals surface area contributed by atoms with Crippen LogP contribution >= 0.6 is 23.2 Å². The summed E-state index contributed by atoms with van der Waals surface area (Å²) in [7, 11) is 0. The van der Waals surface area contributed by atoms with Gasteiger partial charge < -0.3 is 14.0 Å². The fourth-order valence-corrected chi connectivity index (χ4v) is 4.23. The minimum absolute atomic E-state index is 0.0156. The van der Waals surface area contributed by atoms with Crippen LogP contribution in [0.25, 0.3) is 21.8 Å². The van der Waals surface area contributed by atoms with E-state index in [-0.39, 0.29) is 11.7 Å². The van der Waals surface area contributed by atoms with E-state index in [1.54, 1.807) is 12.1 Å². The third kappa shape index (κ3) is 3.92. The van der Waals surface area contributed by atoms with E-state index in [1.165, 1.54) is 6.42 Å². The number of ether oxygens (including phenoxy) is 2. The predicted molar refractivity (Wildman–Crippen MR) is 115 cm³/mol. The molecule has 4 rings (SSSR count). The average molecular weight is 420 g/mol. The molecule has 2 heterocycles. The number of nitrogens with zero attached hydrogens (tertiary/aromatic N) is 1. The van der Waals surface area contributed by atoms with Gasteiger partial charge in [0.05, 0.1) is 21.1 Å². The molecule has 1 fully saturated rings. The summed E-state index contributed by atoms with van der Waals surface area (Å²) in [6.45, 7) is 2.18. The molecule has 1 atom stereocenters. The molecule has 1 aliphatic rings. The Morgan fingerprint density at radius 1 is 1.07 bits per heavy atom. The Morgan fingerprint density at radius 3 is 2.75 bits per heavy atom. The Morgan fingerprint density at radius 2 is 1.93 bits per heavy atom. The molecule has 1 saturated heterocycles. The molecule has 0 amide bonds. The minimum Gasteiger partial charge on any atom is -0.353 e. The van der Waals surface area contributed by atoms with Gasteiger partial charge in [-0.1, -0.05) is 35.3 Å². The molecule has 28 heavy (non-hydrogen) atoms. The molecule has 0 radical (unpaired) electrons. The van der Waals surface area contributed by atoms with Gasteiger partial charge in [-0.15, -0.1) is 0 Å². The van der Waals surface area contributed by atoms with Gasteiger partial charge in [-0.25, -0.2) is 0 Å².